The number of hydrogen-bond donors (Lipinski definition) is 0. The van der Waals surface area contributed by atoms with Crippen molar-refractivity contribution >= 4 is 0 Å². The summed E-state index contributed by atoms with van der Waals surface area (Å²) in [6.45, 7) is 7.25. The van der Waals surface area contributed by atoms with Gasteiger partial charge in [0.25, 0.3) is 0 Å². The van der Waals surface area contributed by atoms with E-state index < -0.39 is 0 Å². The summed E-state index contributed by atoms with van der Waals surface area (Å²) in [6, 6.07) is 0. The van der Waals surface area contributed by atoms with E-state index in [9.17, 15) is 0 Å². The maximum absolute atomic E-state index is 5.40. The summed E-state index contributed by atoms with van der Waals surface area (Å²) < 4.78 is 5.40. The summed E-state index contributed by atoms with van der Waals surface area (Å²) in [5, 5.41) is 0. The molecular weight excluding hydrogens is 200 g/mol. The number of ether oxygens (including phenoxy) is 1. The summed E-state index contributed by atoms with van der Waals surface area (Å²) in [4.78, 5) is 4.74. The van der Waals surface area contributed by atoms with Crippen LogP contribution < -0.4 is 0 Å². The third kappa shape index (κ3) is 3.44. The maximum atomic E-state index is 5.40. The minimum Gasteiger partial charge on any atom is -0.372 e. The Labute approximate surface area is 99.7 Å². The van der Waals surface area contributed by atoms with E-state index in [-0.39, 0.29) is 0 Å². The Balaban J connectivity index is 0.000000120. The fourth-order valence-electron chi connectivity index (χ4n) is 2.70. The van der Waals surface area contributed by atoms with E-state index in [1.54, 1.807) is 0 Å². The van der Waals surface area contributed by atoms with Gasteiger partial charge in [0.1, 0.15) is 0 Å². The molecule has 0 aromatic rings. The number of likely N-dealkylation sites (tertiary alicyclic amines) is 1. The number of morpholine rings is 1. The van der Waals surface area contributed by atoms with Gasteiger partial charge in [0.2, 0.25) is 0 Å². The Kier molecular flexibility index (Phi) is 4.22. The van der Waals surface area contributed by atoms with Crippen molar-refractivity contribution in [2.75, 3.05) is 40.3 Å². The second-order valence-electron chi connectivity index (χ2n) is 5.82. The van der Waals surface area contributed by atoms with Crippen LogP contribution in [0.25, 0.3) is 0 Å². The fourth-order valence-corrected chi connectivity index (χ4v) is 2.70. The molecule has 4 saturated heterocycles. The number of fused-ring (bicyclic) bond motifs is 2. The van der Waals surface area contributed by atoms with E-state index in [0.29, 0.717) is 12.2 Å². The molecule has 0 radical (unpaired) electrons. The van der Waals surface area contributed by atoms with Gasteiger partial charge in [-0.05, 0) is 45.9 Å². The average Bonchev–Trinajstić information content (AvgIpc) is 2.22. The number of hydrogen-bond acceptors (Lipinski definition) is 3. The van der Waals surface area contributed by atoms with Gasteiger partial charge in [-0.25, -0.2) is 0 Å². The number of piperidine rings is 2. The van der Waals surface area contributed by atoms with Crippen LogP contribution in [0.4, 0.5) is 0 Å². The minimum absolute atomic E-state index is 0.582. The number of nitrogens with zero attached hydrogens (tertiary/aromatic N) is 2. The summed E-state index contributed by atoms with van der Waals surface area (Å²) in [5.74, 6) is 0.978. The van der Waals surface area contributed by atoms with Gasteiger partial charge < -0.3 is 14.5 Å². The van der Waals surface area contributed by atoms with Gasteiger partial charge in [-0.15, -0.1) is 0 Å². The Morgan fingerprint density at radius 3 is 1.75 bits per heavy atom. The zero-order valence-corrected chi connectivity index (χ0v) is 11.0. The summed E-state index contributed by atoms with van der Waals surface area (Å²) in [7, 11) is 4.35. The number of rotatable bonds is 0. The smallest absolute Gasteiger partial charge is 0.0731 e. The maximum Gasteiger partial charge on any atom is 0.0731 e. The Morgan fingerprint density at radius 1 is 0.938 bits per heavy atom. The summed E-state index contributed by atoms with van der Waals surface area (Å²) in [5.41, 5.74) is 0. The van der Waals surface area contributed by atoms with Crippen LogP contribution in [0, 0.1) is 5.92 Å². The normalized spacial score (nSPS) is 36.2. The molecule has 0 N–H and O–H groups in total. The van der Waals surface area contributed by atoms with E-state index in [1.165, 1.54) is 32.4 Å². The molecule has 2 bridgehead atoms. The van der Waals surface area contributed by atoms with Crippen molar-refractivity contribution in [3.63, 3.8) is 0 Å². The van der Waals surface area contributed by atoms with Gasteiger partial charge >= 0.3 is 0 Å². The van der Waals surface area contributed by atoms with Crippen molar-refractivity contribution in [1.29, 1.82) is 0 Å². The molecule has 4 heterocycles. The van der Waals surface area contributed by atoms with Gasteiger partial charge in [0, 0.05) is 19.5 Å². The fraction of sp³-hybridized carbons (Fsp3) is 1.00. The molecule has 2 atom stereocenters. The van der Waals surface area contributed by atoms with Gasteiger partial charge in [0.15, 0.2) is 0 Å². The van der Waals surface area contributed by atoms with E-state index in [2.05, 4.69) is 30.8 Å². The zero-order valence-electron chi connectivity index (χ0n) is 11.0. The van der Waals surface area contributed by atoms with Crippen LogP contribution in [0.3, 0.4) is 0 Å². The van der Waals surface area contributed by atoms with Crippen LogP contribution in [0.2, 0.25) is 0 Å². The molecule has 0 aromatic heterocycles. The molecule has 0 saturated carbocycles. The molecule has 0 spiro atoms. The third-order valence-electron chi connectivity index (χ3n) is 3.95. The summed E-state index contributed by atoms with van der Waals surface area (Å²) >= 11 is 0. The monoisotopic (exact) mass is 226 g/mol. The molecule has 4 aliphatic rings. The van der Waals surface area contributed by atoms with E-state index in [1.807, 2.05) is 0 Å². The largest absolute Gasteiger partial charge is 0.372 e. The first-order valence-corrected chi connectivity index (χ1v) is 6.66. The van der Waals surface area contributed by atoms with Gasteiger partial charge in [-0.1, -0.05) is 6.92 Å². The van der Waals surface area contributed by atoms with Crippen molar-refractivity contribution in [3.8, 4) is 0 Å². The van der Waals surface area contributed by atoms with Gasteiger partial charge in [-0.2, -0.15) is 0 Å². The predicted octanol–water partition coefficient (Wildman–Crippen LogP) is 1.44. The topological polar surface area (TPSA) is 15.7 Å². The highest BCUT2D eigenvalue weighted by atomic mass is 16.5. The second-order valence-corrected chi connectivity index (χ2v) is 5.82. The highest BCUT2D eigenvalue weighted by Gasteiger charge is 2.36. The van der Waals surface area contributed by atoms with Crippen LogP contribution in [-0.4, -0.2) is 62.3 Å². The molecule has 3 nitrogen and oxygen atoms in total. The lowest BCUT2D eigenvalue weighted by Crippen LogP contribution is -2.55. The van der Waals surface area contributed by atoms with E-state index in [4.69, 9.17) is 4.74 Å². The first-order chi connectivity index (χ1) is 7.63. The molecule has 94 valence electrons. The molecule has 4 rings (SSSR count). The molecule has 16 heavy (non-hydrogen) atoms. The molecule has 0 aromatic carbocycles. The van der Waals surface area contributed by atoms with E-state index in [0.717, 1.165) is 19.0 Å². The highest BCUT2D eigenvalue weighted by Crippen LogP contribution is 2.26. The lowest BCUT2D eigenvalue weighted by Gasteiger charge is -2.45. The molecule has 2 unspecified atom stereocenters. The Bertz CT molecular complexity index is 188. The van der Waals surface area contributed by atoms with Gasteiger partial charge in [-0.3, -0.25) is 0 Å². The van der Waals surface area contributed by atoms with Crippen LogP contribution >= 0.6 is 0 Å². The Morgan fingerprint density at radius 2 is 1.44 bits per heavy atom. The van der Waals surface area contributed by atoms with Crippen molar-refractivity contribution in [2.45, 2.75) is 38.4 Å². The molecule has 0 amide bonds. The van der Waals surface area contributed by atoms with E-state index >= 15 is 0 Å². The average molecular weight is 226 g/mol. The Hall–Kier alpha value is -0.120. The van der Waals surface area contributed by atoms with Crippen molar-refractivity contribution in [2.24, 2.45) is 5.92 Å². The lowest BCUT2D eigenvalue weighted by molar-refractivity contribution is -0.175. The molecule has 4 aliphatic heterocycles. The number of likely N-dealkylation sites (N-methyl/N-ethyl adjacent to an activating group) is 1. The van der Waals surface area contributed by atoms with Crippen LogP contribution in [0.5, 0.6) is 0 Å². The van der Waals surface area contributed by atoms with Crippen molar-refractivity contribution in [3.05, 3.63) is 0 Å². The molecule has 3 heteroatoms. The van der Waals surface area contributed by atoms with Crippen LogP contribution in [-0.2, 0) is 4.74 Å². The lowest BCUT2D eigenvalue weighted by atomic mass is 10.00. The molecular formula is C13H26N2O. The first kappa shape index (κ1) is 12.3. The van der Waals surface area contributed by atoms with Crippen LogP contribution in [0.1, 0.15) is 26.2 Å². The third-order valence-corrected chi connectivity index (χ3v) is 3.95. The van der Waals surface area contributed by atoms with Gasteiger partial charge in [0.05, 0.1) is 12.2 Å². The zero-order chi connectivity index (χ0) is 11.5. The van der Waals surface area contributed by atoms with Crippen LogP contribution in [0.15, 0.2) is 0 Å². The second kappa shape index (κ2) is 5.48. The summed E-state index contributed by atoms with van der Waals surface area (Å²) in [6.07, 6.45) is 5.27. The predicted molar refractivity (Wildman–Crippen MR) is 66.7 cm³/mol. The highest BCUT2D eigenvalue weighted by molar-refractivity contribution is 4.87. The molecule has 0 aliphatic carbocycles. The SMILES string of the molecule is CC1CCN(C)CC1.CN1CC2CC(C1)O2. The quantitative estimate of drug-likeness (QED) is 0.621. The first-order valence-electron chi connectivity index (χ1n) is 6.66. The minimum atomic E-state index is 0.582. The van der Waals surface area contributed by atoms with Crippen molar-refractivity contribution < 1.29 is 4.74 Å². The molecule has 4 fully saturated rings. The van der Waals surface area contributed by atoms with Crippen molar-refractivity contribution in [1.82, 2.24) is 9.80 Å². The standard InChI is InChI=1S/C7H15N.C6H11NO/c1-7-3-5-8(2)6-4-7;1-7-3-5-2-6(4-7)8-5/h7H,3-6H2,1-2H3;5-6H,2-4H2,1H3.